The summed E-state index contributed by atoms with van der Waals surface area (Å²) in [5, 5.41) is 3.02. The van der Waals surface area contributed by atoms with Gasteiger partial charge in [0, 0.05) is 5.56 Å². The highest BCUT2D eigenvalue weighted by molar-refractivity contribution is 6.03. The fourth-order valence-electron chi connectivity index (χ4n) is 1.95. The molecule has 1 aromatic rings. The van der Waals surface area contributed by atoms with Crippen molar-refractivity contribution in [2.75, 3.05) is 6.54 Å². The molecule has 0 aliphatic heterocycles. The van der Waals surface area contributed by atoms with Gasteiger partial charge in [0.05, 0.1) is 11.1 Å². The number of nitrogens with one attached hydrogen (secondary N) is 1. The number of hydrogen-bond acceptors (Lipinski definition) is 2. The predicted molar refractivity (Wildman–Crippen MR) is 68.3 cm³/mol. The van der Waals surface area contributed by atoms with Crippen molar-refractivity contribution in [1.29, 1.82) is 0 Å². The van der Waals surface area contributed by atoms with E-state index in [1.54, 1.807) is 13.8 Å². The summed E-state index contributed by atoms with van der Waals surface area (Å²) in [7, 11) is 0. The van der Waals surface area contributed by atoms with Gasteiger partial charge in [0.1, 0.15) is 0 Å². The van der Waals surface area contributed by atoms with Crippen LogP contribution in [-0.4, -0.2) is 17.9 Å². The zero-order valence-electron chi connectivity index (χ0n) is 11.5. The lowest BCUT2D eigenvalue weighted by Crippen LogP contribution is -2.46. The van der Waals surface area contributed by atoms with Crippen LogP contribution < -0.4 is 5.32 Å². The van der Waals surface area contributed by atoms with E-state index < -0.39 is 17.3 Å². The molecule has 1 N–H and O–H groups in total. The van der Waals surface area contributed by atoms with Crippen LogP contribution >= 0.6 is 0 Å². The van der Waals surface area contributed by atoms with Crippen molar-refractivity contribution >= 4 is 5.78 Å². The molecule has 5 heteroatoms. The third-order valence-corrected chi connectivity index (χ3v) is 2.98. The fraction of sp³-hybridized carbons (Fsp3) is 0.500. The summed E-state index contributed by atoms with van der Waals surface area (Å²) >= 11 is 0. The molecule has 1 rings (SSSR count). The first kappa shape index (κ1) is 15.7. The smallest absolute Gasteiger partial charge is 0.305 e. The van der Waals surface area contributed by atoms with Crippen LogP contribution in [0.1, 0.15) is 42.3 Å². The topological polar surface area (TPSA) is 29.1 Å². The van der Waals surface area contributed by atoms with Gasteiger partial charge < -0.3 is 5.32 Å². The Balaban J connectivity index is 3.14. The van der Waals surface area contributed by atoms with Gasteiger partial charge in [-0.3, -0.25) is 4.79 Å². The molecule has 0 saturated carbocycles. The summed E-state index contributed by atoms with van der Waals surface area (Å²) < 4.78 is 37.7. The van der Waals surface area contributed by atoms with E-state index in [2.05, 4.69) is 5.32 Å². The second-order valence-electron chi connectivity index (χ2n) is 5.01. The first-order chi connectivity index (χ1) is 8.59. The molecule has 0 unspecified atom stereocenters. The predicted octanol–water partition coefficient (Wildman–Crippen LogP) is 3.58. The number of carbonyl (C=O) groups excluding carboxylic acids is 1. The molecule has 2 nitrogen and oxygen atoms in total. The van der Waals surface area contributed by atoms with Crippen LogP contribution in [0.3, 0.4) is 0 Å². The number of alkyl halides is 3. The highest BCUT2D eigenvalue weighted by atomic mass is 19.4. The molecule has 0 aliphatic rings. The van der Waals surface area contributed by atoms with Crippen LogP contribution in [0, 0.1) is 6.92 Å². The van der Waals surface area contributed by atoms with Crippen molar-refractivity contribution < 1.29 is 18.0 Å². The SMILES string of the molecule is CCNC(C)(C)C(=O)c1ccc(C(F)(F)F)cc1C. The molecular weight excluding hydrogens is 255 g/mol. The molecule has 19 heavy (non-hydrogen) atoms. The highest BCUT2D eigenvalue weighted by Gasteiger charge is 2.33. The Kier molecular flexibility index (Phi) is 4.40. The van der Waals surface area contributed by atoms with Crippen LogP contribution in [0.4, 0.5) is 13.2 Å². The third-order valence-electron chi connectivity index (χ3n) is 2.98. The Morgan fingerprint density at radius 3 is 2.26 bits per heavy atom. The number of ketones is 1. The van der Waals surface area contributed by atoms with Crippen LogP contribution in [0.5, 0.6) is 0 Å². The summed E-state index contributed by atoms with van der Waals surface area (Å²) in [5.74, 6) is -0.208. The lowest BCUT2D eigenvalue weighted by Gasteiger charge is -2.25. The van der Waals surface area contributed by atoms with E-state index in [0.717, 1.165) is 12.1 Å². The number of halogens is 3. The van der Waals surface area contributed by atoms with Crippen LogP contribution in [0.2, 0.25) is 0 Å². The number of hydrogen-bond donors (Lipinski definition) is 1. The Hall–Kier alpha value is -1.36. The zero-order valence-corrected chi connectivity index (χ0v) is 11.5. The van der Waals surface area contributed by atoms with Gasteiger partial charge in [-0.05, 0) is 45.0 Å². The molecule has 0 amide bonds. The molecule has 0 aromatic heterocycles. The molecule has 0 spiro atoms. The summed E-state index contributed by atoms with van der Waals surface area (Å²) in [5.41, 5.74) is -0.869. The third kappa shape index (κ3) is 3.56. The summed E-state index contributed by atoms with van der Waals surface area (Å²) in [4.78, 5) is 12.3. The van der Waals surface area contributed by atoms with Gasteiger partial charge in [0.25, 0.3) is 0 Å². The lowest BCUT2D eigenvalue weighted by atomic mass is 9.90. The number of benzene rings is 1. The van der Waals surface area contributed by atoms with Crippen molar-refractivity contribution in [3.05, 3.63) is 34.9 Å². The van der Waals surface area contributed by atoms with E-state index in [9.17, 15) is 18.0 Å². The van der Waals surface area contributed by atoms with Crippen molar-refractivity contribution in [1.82, 2.24) is 5.32 Å². The Morgan fingerprint density at radius 2 is 1.84 bits per heavy atom. The van der Waals surface area contributed by atoms with Gasteiger partial charge in [0.15, 0.2) is 5.78 Å². The van der Waals surface area contributed by atoms with Gasteiger partial charge in [0.2, 0.25) is 0 Å². The maximum atomic E-state index is 12.6. The van der Waals surface area contributed by atoms with E-state index in [4.69, 9.17) is 0 Å². The normalized spacial score (nSPS) is 12.6. The largest absolute Gasteiger partial charge is 0.416 e. The monoisotopic (exact) mass is 273 g/mol. The van der Waals surface area contributed by atoms with Crippen LogP contribution in [-0.2, 0) is 6.18 Å². The Bertz CT molecular complexity index is 478. The van der Waals surface area contributed by atoms with E-state index in [1.165, 1.54) is 13.0 Å². The average molecular weight is 273 g/mol. The maximum absolute atomic E-state index is 12.6. The molecule has 106 valence electrons. The van der Waals surface area contributed by atoms with E-state index in [0.29, 0.717) is 17.7 Å². The number of rotatable bonds is 4. The van der Waals surface area contributed by atoms with Crippen LogP contribution in [0.15, 0.2) is 18.2 Å². The Morgan fingerprint density at radius 1 is 1.26 bits per heavy atom. The van der Waals surface area contributed by atoms with Gasteiger partial charge >= 0.3 is 6.18 Å². The van der Waals surface area contributed by atoms with Gasteiger partial charge in [-0.25, -0.2) is 0 Å². The zero-order chi connectivity index (χ0) is 14.8. The number of likely N-dealkylation sites (N-methyl/N-ethyl adjacent to an activating group) is 1. The highest BCUT2D eigenvalue weighted by Crippen LogP contribution is 2.31. The van der Waals surface area contributed by atoms with Crippen molar-refractivity contribution in [3.63, 3.8) is 0 Å². The minimum atomic E-state index is -4.39. The molecule has 1 aromatic carbocycles. The van der Waals surface area contributed by atoms with Crippen molar-refractivity contribution in [2.24, 2.45) is 0 Å². The van der Waals surface area contributed by atoms with Crippen molar-refractivity contribution in [3.8, 4) is 0 Å². The first-order valence-electron chi connectivity index (χ1n) is 6.07. The van der Waals surface area contributed by atoms with Crippen LogP contribution in [0.25, 0.3) is 0 Å². The molecule has 0 bridgehead atoms. The summed E-state index contributed by atoms with van der Waals surface area (Å²) in [6, 6.07) is 3.21. The lowest BCUT2D eigenvalue weighted by molar-refractivity contribution is -0.137. The molecule has 0 atom stereocenters. The summed E-state index contributed by atoms with van der Waals surface area (Å²) in [6.45, 7) is 7.43. The second-order valence-corrected chi connectivity index (χ2v) is 5.01. The fourth-order valence-corrected chi connectivity index (χ4v) is 1.95. The molecule has 0 heterocycles. The standard InChI is InChI=1S/C14H18F3NO/c1-5-18-13(3,4)12(19)11-7-6-10(8-9(11)2)14(15,16)17/h6-8,18H,5H2,1-4H3. The molecule has 0 saturated heterocycles. The molecule has 0 aliphatic carbocycles. The van der Waals surface area contributed by atoms with Gasteiger partial charge in [-0.2, -0.15) is 13.2 Å². The second kappa shape index (κ2) is 5.33. The van der Waals surface area contributed by atoms with E-state index >= 15 is 0 Å². The maximum Gasteiger partial charge on any atom is 0.416 e. The number of Topliss-reactive ketones (excluding diaryl/α,β-unsaturated/α-hetero) is 1. The molecule has 0 fully saturated rings. The minimum absolute atomic E-state index is 0.208. The number of aryl methyl sites for hydroxylation is 1. The van der Waals surface area contributed by atoms with Crippen molar-refractivity contribution in [2.45, 2.75) is 39.4 Å². The number of carbonyl (C=O) groups is 1. The van der Waals surface area contributed by atoms with Gasteiger partial charge in [-0.1, -0.05) is 13.0 Å². The van der Waals surface area contributed by atoms with E-state index in [-0.39, 0.29) is 5.78 Å². The quantitative estimate of drug-likeness (QED) is 0.849. The molecular formula is C14H18F3NO. The minimum Gasteiger partial charge on any atom is -0.305 e. The summed E-state index contributed by atoms with van der Waals surface area (Å²) in [6.07, 6.45) is -4.39. The first-order valence-corrected chi connectivity index (χ1v) is 6.07. The van der Waals surface area contributed by atoms with E-state index in [1.807, 2.05) is 6.92 Å². The molecule has 0 radical (unpaired) electrons. The average Bonchev–Trinajstić information content (AvgIpc) is 2.26. The Labute approximate surface area is 111 Å². The van der Waals surface area contributed by atoms with Gasteiger partial charge in [-0.15, -0.1) is 0 Å².